The van der Waals surface area contributed by atoms with Crippen molar-refractivity contribution in [3.05, 3.63) is 0 Å². The van der Waals surface area contributed by atoms with Crippen LogP contribution in [-0.4, -0.2) is 20.0 Å². The molecule has 0 aliphatic heterocycles. The normalized spacial score (nSPS) is 45.4. The number of hydrogen-bond donors (Lipinski definition) is 0. The van der Waals surface area contributed by atoms with E-state index in [0.29, 0.717) is 0 Å². The number of unbranched alkanes of at least 4 members (excludes halogenated alkanes) is 1. The first-order chi connectivity index (χ1) is 13.7. The number of halogens is 1. The predicted octanol–water partition coefficient (Wildman–Crippen LogP) is 9.07. The van der Waals surface area contributed by atoms with Crippen LogP contribution in [0.4, 0.5) is 0 Å². The first kappa shape index (κ1) is 23.1. The summed E-state index contributed by atoms with van der Waals surface area (Å²) in [5, 5.41) is 0. The van der Waals surface area contributed by atoms with E-state index in [1.54, 1.807) is 38.5 Å². The molecule has 0 aromatic rings. The lowest BCUT2D eigenvalue weighted by Crippen LogP contribution is -2.62. The van der Waals surface area contributed by atoms with Gasteiger partial charge < -0.3 is 0 Å². The molecule has 3 heteroatoms. The fourth-order valence-electron chi connectivity index (χ4n) is 9.26. The quantitative estimate of drug-likeness (QED) is 0.254. The molecule has 0 spiro atoms. The Labute approximate surface area is 192 Å². The van der Waals surface area contributed by atoms with Crippen LogP contribution in [0.15, 0.2) is 0 Å². The first-order valence-corrected chi connectivity index (χ1v) is 21.4. The molecule has 0 amide bonds. The van der Waals surface area contributed by atoms with Crippen molar-refractivity contribution in [2.75, 3.05) is 0 Å². The van der Waals surface area contributed by atoms with Crippen molar-refractivity contribution in [3.8, 4) is 0 Å². The van der Waals surface area contributed by atoms with Gasteiger partial charge in [-0.3, -0.25) is 0 Å². The highest BCUT2D eigenvalue weighted by Crippen LogP contribution is 2.64. The minimum atomic E-state index is -1.25. The maximum atomic E-state index is 4.30. The van der Waals surface area contributed by atoms with Gasteiger partial charge in [0.25, 0.3) is 0 Å². The van der Waals surface area contributed by atoms with Gasteiger partial charge in [-0.25, -0.2) is 0 Å². The monoisotopic (exact) mass is 496 g/mol. The zero-order valence-electron chi connectivity index (χ0n) is 20.4. The minimum Gasteiger partial charge on any atom is -0.0884 e. The Morgan fingerprint density at radius 3 is 2.31 bits per heavy atom. The zero-order valence-corrected chi connectivity index (χ0v) is 23.9. The Balaban J connectivity index is 1.52. The second-order valence-corrected chi connectivity index (χ2v) is 30.2. The highest BCUT2D eigenvalue weighted by atomic mass is 79.9. The molecular weight excluding hydrogens is 448 g/mol. The van der Waals surface area contributed by atoms with E-state index in [2.05, 4.69) is 56.0 Å². The van der Waals surface area contributed by atoms with Crippen LogP contribution in [0.25, 0.3) is 0 Å². The summed E-state index contributed by atoms with van der Waals surface area (Å²) in [7, 11) is -2.44. The van der Waals surface area contributed by atoms with E-state index >= 15 is 0 Å². The van der Waals surface area contributed by atoms with E-state index in [0.717, 1.165) is 51.4 Å². The summed E-state index contributed by atoms with van der Waals surface area (Å²) >= 11 is 4.30. The second-order valence-electron chi connectivity index (χ2n) is 13.1. The molecule has 0 nitrogen and oxygen atoms in total. The average Bonchev–Trinajstić information content (AvgIpc) is 3.38. The molecular formula is C26H49BrSi2. The molecule has 4 saturated carbocycles. The minimum absolute atomic E-state index is 0.848. The second kappa shape index (κ2) is 8.69. The van der Waals surface area contributed by atoms with Gasteiger partial charge in [0.2, 0.25) is 0 Å². The fourth-order valence-corrected chi connectivity index (χ4v) is 25.3. The van der Waals surface area contributed by atoms with Gasteiger partial charge in [-0.2, -0.15) is 0 Å². The molecule has 0 radical (unpaired) electrons. The third kappa shape index (κ3) is 3.94. The van der Waals surface area contributed by atoms with Crippen LogP contribution in [-0.2, 0) is 0 Å². The summed E-state index contributed by atoms with van der Waals surface area (Å²) in [5.74, 6) is 6.23. The third-order valence-corrected chi connectivity index (χ3v) is 33.5. The van der Waals surface area contributed by atoms with Crippen LogP contribution in [0.1, 0.15) is 84.5 Å². The summed E-state index contributed by atoms with van der Waals surface area (Å²) < 4.78 is 0. The van der Waals surface area contributed by atoms with Gasteiger partial charge in [-0.15, -0.1) is 0 Å². The topological polar surface area (TPSA) is 0 Å². The van der Waals surface area contributed by atoms with Gasteiger partial charge in [-0.05, 0) is 65.9 Å². The Morgan fingerprint density at radius 1 is 0.828 bits per heavy atom. The Kier molecular flexibility index (Phi) is 6.92. The van der Waals surface area contributed by atoms with Crippen LogP contribution in [0.3, 0.4) is 0 Å². The molecule has 0 bridgehead atoms. The molecule has 4 aliphatic rings. The molecule has 168 valence electrons. The molecule has 0 aromatic carbocycles. The molecule has 4 fully saturated rings. The number of rotatable bonds is 6. The lowest BCUT2D eigenvalue weighted by molar-refractivity contribution is 0.168. The predicted molar refractivity (Wildman–Crippen MR) is 138 cm³/mol. The van der Waals surface area contributed by atoms with Crippen molar-refractivity contribution >= 4 is 31.1 Å². The van der Waals surface area contributed by atoms with Crippen molar-refractivity contribution in [2.45, 2.75) is 127 Å². The van der Waals surface area contributed by atoms with Gasteiger partial charge in [0, 0.05) is 20.0 Å². The Morgan fingerprint density at radius 2 is 1.59 bits per heavy atom. The van der Waals surface area contributed by atoms with Crippen LogP contribution < -0.4 is 0 Å². The fraction of sp³-hybridized carbons (Fsp3) is 1.00. The van der Waals surface area contributed by atoms with Crippen LogP contribution >= 0.6 is 15.9 Å². The average molecular weight is 498 g/mol. The summed E-state index contributed by atoms with van der Waals surface area (Å²) in [6, 6.07) is 0. The van der Waals surface area contributed by atoms with Crippen LogP contribution in [0.5, 0.6) is 0 Å². The molecule has 0 saturated heterocycles. The molecule has 9 unspecified atom stereocenters. The lowest BCUT2D eigenvalue weighted by atomic mass is 9.71. The van der Waals surface area contributed by atoms with E-state index in [4.69, 9.17) is 0 Å². The molecule has 0 N–H and O–H groups in total. The maximum absolute atomic E-state index is 4.30. The van der Waals surface area contributed by atoms with Crippen LogP contribution in [0, 0.1) is 35.5 Å². The summed E-state index contributed by atoms with van der Waals surface area (Å²) in [6.45, 7) is 16.6. The molecule has 4 rings (SSSR count). The van der Waals surface area contributed by atoms with Crippen molar-refractivity contribution < 1.29 is 0 Å². The lowest BCUT2D eigenvalue weighted by Gasteiger charge is -2.52. The summed E-state index contributed by atoms with van der Waals surface area (Å²) in [4.78, 5) is 0.848. The first-order valence-electron chi connectivity index (χ1n) is 13.3. The number of hydrogen-bond acceptors (Lipinski definition) is 0. The van der Waals surface area contributed by atoms with Gasteiger partial charge in [0.05, 0.1) is 0 Å². The van der Waals surface area contributed by atoms with E-state index in [9.17, 15) is 0 Å². The third-order valence-electron chi connectivity index (χ3n) is 11.4. The summed E-state index contributed by atoms with van der Waals surface area (Å²) in [6.07, 6.45) is 16.9. The van der Waals surface area contributed by atoms with Gasteiger partial charge >= 0.3 is 0 Å². The largest absolute Gasteiger partial charge is 0.0884 e. The zero-order chi connectivity index (χ0) is 21.0. The van der Waals surface area contributed by atoms with Gasteiger partial charge in [-0.1, -0.05) is 107 Å². The highest BCUT2D eigenvalue weighted by Gasteiger charge is 2.61. The molecule has 0 aromatic heterocycles. The van der Waals surface area contributed by atoms with E-state index < -0.39 is 15.2 Å². The number of alkyl halides is 1. The van der Waals surface area contributed by atoms with Gasteiger partial charge in [0.15, 0.2) is 0 Å². The van der Waals surface area contributed by atoms with Crippen molar-refractivity contribution in [1.29, 1.82) is 0 Å². The molecule has 0 heterocycles. The standard InChI is InChI=1S/C26H49BrSi2/c1-7-8-10-19-13-14-21(16-19)28(3,4)29(5,6)26-18(2)15-23-24(26)17-20-11-9-12-22(20)25(23)27/h18-26H,7-17H2,1-6H3. The summed E-state index contributed by atoms with van der Waals surface area (Å²) in [5.41, 5.74) is 2.25. The molecule has 29 heavy (non-hydrogen) atoms. The molecule has 9 atom stereocenters. The van der Waals surface area contributed by atoms with E-state index in [1.165, 1.54) is 32.1 Å². The highest BCUT2D eigenvalue weighted by molar-refractivity contribution is 9.09. The van der Waals surface area contributed by atoms with Gasteiger partial charge in [0.1, 0.15) is 0 Å². The Hall–Kier alpha value is 0.914. The van der Waals surface area contributed by atoms with Crippen molar-refractivity contribution in [2.24, 2.45) is 35.5 Å². The molecule has 4 aliphatic carbocycles. The van der Waals surface area contributed by atoms with Crippen LogP contribution in [0.2, 0.25) is 37.3 Å². The smallest absolute Gasteiger partial charge is 0.0451 e. The maximum Gasteiger partial charge on any atom is 0.0451 e. The van der Waals surface area contributed by atoms with E-state index in [1.807, 2.05) is 0 Å². The van der Waals surface area contributed by atoms with Crippen molar-refractivity contribution in [1.82, 2.24) is 0 Å². The Bertz CT molecular complexity index is 573. The number of fused-ring (bicyclic) bond motifs is 2. The van der Waals surface area contributed by atoms with Crippen molar-refractivity contribution in [3.63, 3.8) is 0 Å². The van der Waals surface area contributed by atoms with E-state index in [-0.39, 0.29) is 0 Å². The SMILES string of the molecule is CCCCC1CCC([Si](C)(C)[Si](C)(C)C2C(C)CC3C(Br)C4CCCC4CC32)C1.